The van der Waals surface area contributed by atoms with Crippen molar-refractivity contribution in [3.05, 3.63) is 136 Å². The Bertz CT molecular complexity index is 2040. The summed E-state index contributed by atoms with van der Waals surface area (Å²) in [6.07, 6.45) is 0. The van der Waals surface area contributed by atoms with E-state index in [1.165, 1.54) is 6.07 Å². The minimum atomic E-state index is -0.431. The molecule has 1 aromatic heterocycles. The Hall–Kier alpha value is -5.36. The maximum atomic E-state index is 14.0. The molecule has 1 N–H and O–H groups in total. The van der Waals surface area contributed by atoms with Gasteiger partial charge in [-0.15, -0.1) is 0 Å². The summed E-state index contributed by atoms with van der Waals surface area (Å²) in [7, 11) is 0. The van der Waals surface area contributed by atoms with E-state index in [1.807, 2.05) is 86.6 Å². The Morgan fingerprint density at radius 2 is 1.26 bits per heavy atom. The summed E-state index contributed by atoms with van der Waals surface area (Å²) in [5.41, 5.74) is 4.52. The lowest BCUT2D eigenvalue weighted by atomic mass is 9.85. The molecule has 0 fully saturated rings. The summed E-state index contributed by atoms with van der Waals surface area (Å²) in [5.74, 6) is -0.0880. The average molecular weight is 555 g/mol. The molecule has 6 heteroatoms. The van der Waals surface area contributed by atoms with Crippen LogP contribution in [0.15, 0.2) is 95.4 Å². The third-order valence-corrected chi connectivity index (χ3v) is 7.60. The largest absolute Gasteiger partial charge is 0.507 e. The van der Waals surface area contributed by atoms with Gasteiger partial charge in [0, 0.05) is 16.3 Å². The van der Waals surface area contributed by atoms with E-state index in [9.17, 15) is 14.7 Å². The van der Waals surface area contributed by atoms with Crippen LogP contribution in [0.2, 0.25) is 0 Å². The van der Waals surface area contributed by atoms with E-state index in [0.29, 0.717) is 39.8 Å². The molecule has 206 valence electrons. The molecule has 1 aliphatic rings. The van der Waals surface area contributed by atoms with Gasteiger partial charge in [-0.2, -0.15) is 0 Å². The van der Waals surface area contributed by atoms with E-state index in [1.54, 1.807) is 12.1 Å². The van der Waals surface area contributed by atoms with Crippen LogP contribution in [0, 0.1) is 13.8 Å². The summed E-state index contributed by atoms with van der Waals surface area (Å²) >= 11 is 0. The molecular formula is C36H26O6. The van der Waals surface area contributed by atoms with E-state index >= 15 is 0 Å². The quantitative estimate of drug-likeness (QED) is 0.225. The van der Waals surface area contributed by atoms with Crippen molar-refractivity contribution >= 4 is 33.3 Å². The number of phenols is 1. The number of hydrogen-bond donors (Lipinski definition) is 1. The Morgan fingerprint density at radius 1 is 0.667 bits per heavy atom. The van der Waals surface area contributed by atoms with Gasteiger partial charge in [0.15, 0.2) is 11.5 Å². The number of aryl methyl sites for hydroxylation is 2. The first kappa shape index (κ1) is 25.6. The molecule has 0 saturated heterocycles. The highest BCUT2D eigenvalue weighted by Crippen LogP contribution is 2.45. The molecule has 1 aliphatic carbocycles. The number of aromatic hydroxyl groups is 1. The third kappa shape index (κ3) is 4.20. The highest BCUT2D eigenvalue weighted by molar-refractivity contribution is 6.33. The van der Waals surface area contributed by atoms with Crippen LogP contribution < -0.4 is 9.47 Å². The molecule has 0 radical (unpaired) electrons. The maximum Gasteiger partial charge on any atom is 0.233 e. The first-order valence-corrected chi connectivity index (χ1v) is 13.7. The number of ether oxygens (including phenoxy) is 2. The first-order chi connectivity index (χ1) is 20.4. The molecule has 6 aromatic rings. The smallest absolute Gasteiger partial charge is 0.233 e. The molecule has 5 aromatic carbocycles. The number of carbonyl (C=O) groups excluding carboxylic acids is 2. The van der Waals surface area contributed by atoms with Crippen molar-refractivity contribution in [1.29, 1.82) is 0 Å². The molecular weight excluding hydrogens is 528 g/mol. The standard InChI is InChI=1S/C36H26O6/c1-20-13-24-31(29(16-20)41-19-23-11-7-4-8-12-23)34(39)36-32(33(24)38)26-17-27(37)30-25(35(26)42-36)14-21(2)15-28(30)40-18-22-9-5-3-6-10-22/h3-17,37H,18-19H2,1-2H3. The highest BCUT2D eigenvalue weighted by atomic mass is 16.5. The van der Waals surface area contributed by atoms with Crippen molar-refractivity contribution in [2.45, 2.75) is 27.1 Å². The molecule has 7 rings (SSSR count). The van der Waals surface area contributed by atoms with Gasteiger partial charge < -0.3 is 19.0 Å². The molecule has 6 nitrogen and oxygen atoms in total. The number of ketones is 2. The monoisotopic (exact) mass is 554 g/mol. The van der Waals surface area contributed by atoms with Gasteiger partial charge in [-0.05, 0) is 66.4 Å². The predicted octanol–water partition coefficient (Wildman–Crippen LogP) is 7.84. The van der Waals surface area contributed by atoms with Gasteiger partial charge in [0.25, 0.3) is 0 Å². The van der Waals surface area contributed by atoms with Crippen molar-refractivity contribution in [1.82, 2.24) is 0 Å². The molecule has 42 heavy (non-hydrogen) atoms. The zero-order valence-electron chi connectivity index (χ0n) is 23.1. The fourth-order valence-corrected chi connectivity index (χ4v) is 5.69. The Morgan fingerprint density at radius 3 is 1.93 bits per heavy atom. The van der Waals surface area contributed by atoms with E-state index < -0.39 is 5.78 Å². The van der Waals surface area contributed by atoms with Crippen LogP contribution in [0.1, 0.15) is 54.3 Å². The number of furan rings is 1. The Kier molecular flexibility index (Phi) is 6.05. The zero-order valence-corrected chi connectivity index (χ0v) is 23.1. The van der Waals surface area contributed by atoms with Crippen LogP contribution in [0.5, 0.6) is 17.2 Å². The van der Waals surface area contributed by atoms with E-state index in [0.717, 1.165) is 22.3 Å². The summed E-state index contributed by atoms with van der Waals surface area (Å²) in [4.78, 5) is 27.9. The van der Waals surface area contributed by atoms with Crippen molar-refractivity contribution in [2.24, 2.45) is 0 Å². The summed E-state index contributed by atoms with van der Waals surface area (Å²) in [6.45, 7) is 4.33. The van der Waals surface area contributed by atoms with Gasteiger partial charge in [-0.3, -0.25) is 9.59 Å². The van der Waals surface area contributed by atoms with Crippen LogP contribution in [0.3, 0.4) is 0 Å². The Balaban J connectivity index is 1.35. The first-order valence-electron chi connectivity index (χ1n) is 13.7. The lowest BCUT2D eigenvalue weighted by Gasteiger charge is -2.18. The van der Waals surface area contributed by atoms with Gasteiger partial charge in [-0.1, -0.05) is 60.7 Å². The minimum Gasteiger partial charge on any atom is -0.507 e. The second-order valence-corrected chi connectivity index (χ2v) is 10.7. The Labute approximate surface area is 241 Å². The number of phenolic OH excluding ortho intramolecular Hbond substituents is 1. The van der Waals surface area contributed by atoms with E-state index in [2.05, 4.69) is 0 Å². The van der Waals surface area contributed by atoms with Gasteiger partial charge in [0.2, 0.25) is 5.78 Å². The van der Waals surface area contributed by atoms with Crippen LogP contribution in [0.25, 0.3) is 21.7 Å². The van der Waals surface area contributed by atoms with Crippen molar-refractivity contribution < 1.29 is 28.6 Å². The van der Waals surface area contributed by atoms with Gasteiger partial charge in [0.05, 0.1) is 16.5 Å². The number of rotatable bonds is 6. The second kappa shape index (κ2) is 9.93. The number of fused-ring (bicyclic) bond motifs is 6. The van der Waals surface area contributed by atoms with Gasteiger partial charge in [0.1, 0.15) is 36.0 Å². The topological polar surface area (TPSA) is 86.0 Å². The minimum absolute atomic E-state index is 0.0592. The van der Waals surface area contributed by atoms with Crippen LogP contribution >= 0.6 is 0 Å². The SMILES string of the molecule is Cc1cc(OCc2ccccc2)c2c(c1)C(=O)c1c(oc3c1cc(O)c1c(OCc4ccccc4)cc(C)cc13)C2=O. The van der Waals surface area contributed by atoms with Crippen molar-refractivity contribution in [2.75, 3.05) is 0 Å². The average Bonchev–Trinajstić information content (AvgIpc) is 3.38. The third-order valence-electron chi connectivity index (χ3n) is 7.60. The van der Waals surface area contributed by atoms with Crippen LogP contribution in [-0.2, 0) is 13.2 Å². The molecule has 0 amide bonds. The molecule has 0 saturated carbocycles. The van der Waals surface area contributed by atoms with Crippen LogP contribution in [0.4, 0.5) is 0 Å². The van der Waals surface area contributed by atoms with Gasteiger partial charge >= 0.3 is 0 Å². The zero-order chi connectivity index (χ0) is 29.0. The normalized spacial score (nSPS) is 12.4. The highest BCUT2D eigenvalue weighted by Gasteiger charge is 2.38. The number of hydrogen-bond acceptors (Lipinski definition) is 6. The van der Waals surface area contributed by atoms with Crippen molar-refractivity contribution in [3.8, 4) is 17.2 Å². The molecule has 1 heterocycles. The fourth-order valence-electron chi connectivity index (χ4n) is 5.69. The van der Waals surface area contributed by atoms with Crippen molar-refractivity contribution in [3.63, 3.8) is 0 Å². The molecule has 0 spiro atoms. The number of benzene rings is 5. The van der Waals surface area contributed by atoms with Gasteiger partial charge in [-0.25, -0.2) is 0 Å². The molecule has 0 atom stereocenters. The molecule has 0 unspecified atom stereocenters. The maximum absolute atomic E-state index is 14.0. The lowest BCUT2D eigenvalue weighted by molar-refractivity contribution is 0.0958. The van der Waals surface area contributed by atoms with E-state index in [-0.39, 0.29) is 40.6 Å². The van der Waals surface area contributed by atoms with E-state index in [4.69, 9.17) is 13.9 Å². The van der Waals surface area contributed by atoms with Crippen LogP contribution in [-0.4, -0.2) is 16.7 Å². The summed E-state index contributed by atoms with van der Waals surface area (Å²) in [6, 6.07) is 28.0. The number of carbonyl (C=O) groups is 2. The summed E-state index contributed by atoms with van der Waals surface area (Å²) in [5, 5.41) is 12.6. The predicted molar refractivity (Wildman–Crippen MR) is 160 cm³/mol. The lowest BCUT2D eigenvalue weighted by Crippen LogP contribution is -2.21. The fraction of sp³-hybridized carbons (Fsp3) is 0.111. The molecule has 0 aliphatic heterocycles. The summed E-state index contributed by atoms with van der Waals surface area (Å²) < 4.78 is 18.5. The second-order valence-electron chi connectivity index (χ2n) is 10.7. The molecule has 0 bridgehead atoms.